The smallest absolute Gasteiger partial charge is 0.306 e. The maximum atomic E-state index is 14.7. The van der Waals surface area contributed by atoms with Crippen molar-refractivity contribution in [1.29, 1.82) is 0 Å². The molecule has 1 heterocycles. The molecule has 1 aliphatic heterocycles. The zero-order valence-corrected chi connectivity index (χ0v) is 13.3. The molecule has 0 saturated heterocycles. The number of alkyl halides is 1. The normalized spacial score (nSPS) is 27.4. The van der Waals surface area contributed by atoms with Crippen LogP contribution in [-0.2, 0) is 29.1 Å². The molecule has 2 N–H and O–H groups in total. The molecule has 0 spiro atoms. The fourth-order valence-corrected chi connectivity index (χ4v) is 3.52. The summed E-state index contributed by atoms with van der Waals surface area (Å²) in [5.74, 6) is -1.17. The van der Waals surface area contributed by atoms with E-state index in [0.717, 1.165) is 18.6 Å². The third-order valence-corrected chi connectivity index (χ3v) is 5.05. The predicted octanol–water partition coefficient (Wildman–Crippen LogP) is 2.83. The van der Waals surface area contributed by atoms with Gasteiger partial charge in [-0.2, -0.15) is 0 Å². The van der Waals surface area contributed by atoms with E-state index in [0.29, 0.717) is 45.4 Å². The van der Waals surface area contributed by atoms with E-state index in [1.54, 1.807) is 0 Å². The van der Waals surface area contributed by atoms with Gasteiger partial charge in [0, 0.05) is 13.1 Å². The van der Waals surface area contributed by atoms with Gasteiger partial charge in [-0.1, -0.05) is 18.2 Å². The number of hydrogen-bond donors (Lipinski definition) is 2. The van der Waals surface area contributed by atoms with E-state index in [1.807, 2.05) is 0 Å². The molecule has 0 bridgehead atoms. The molecule has 0 amide bonds. The van der Waals surface area contributed by atoms with E-state index < -0.39 is 11.6 Å². The number of fused-ring (bicyclic) bond motifs is 1. The molecule has 0 unspecified atom stereocenters. The number of carboxylic acid groups (broad SMARTS) is 1. The van der Waals surface area contributed by atoms with Gasteiger partial charge in [-0.05, 0) is 48.8 Å². The first kappa shape index (κ1) is 16.4. The number of aliphatic carboxylic acids is 1. The largest absolute Gasteiger partial charge is 0.481 e. The third kappa shape index (κ3) is 4.09. The third-order valence-electron chi connectivity index (χ3n) is 5.05. The van der Waals surface area contributed by atoms with Gasteiger partial charge < -0.3 is 15.2 Å². The van der Waals surface area contributed by atoms with Gasteiger partial charge in [0.05, 0.1) is 19.1 Å². The quantitative estimate of drug-likeness (QED) is 0.875. The van der Waals surface area contributed by atoms with Crippen LogP contribution in [0, 0.1) is 5.92 Å². The Balaban J connectivity index is 1.49. The summed E-state index contributed by atoms with van der Waals surface area (Å²) in [7, 11) is 0. The van der Waals surface area contributed by atoms with Gasteiger partial charge in [0.25, 0.3) is 0 Å². The first-order chi connectivity index (χ1) is 11.1. The Morgan fingerprint density at radius 3 is 2.87 bits per heavy atom. The highest BCUT2D eigenvalue weighted by Crippen LogP contribution is 2.34. The van der Waals surface area contributed by atoms with Crippen molar-refractivity contribution in [1.82, 2.24) is 5.32 Å². The number of hydrogen-bond acceptors (Lipinski definition) is 3. The second-order valence-corrected chi connectivity index (χ2v) is 6.77. The van der Waals surface area contributed by atoms with Crippen LogP contribution in [-0.4, -0.2) is 29.9 Å². The molecule has 0 radical (unpaired) electrons. The molecule has 0 atom stereocenters. The van der Waals surface area contributed by atoms with Crippen LogP contribution in [0.3, 0.4) is 0 Å². The van der Waals surface area contributed by atoms with Crippen LogP contribution in [0.5, 0.6) is 0 Å². The van der Waals surface area contributed by atoms with Gasteiger partial charge in [0.15, 0.2) is 0 Å². The lowest BCUT2D eigenvalue weighted by molar-refractivity contribution is -0.143. The zero-order chi connectivity index (χ0) is 16.3. The number of carbonyl (C=O) groups is 1. The summed E-state index contributed by atoms with van der Waals surface area (Å²) in [5, 5.41) is 12.2. The monoisotopic (exact) mass is 321 g/mol. The maximum absolute atomic E-state index is 14.7. The summed E-state index contributed by atoms with van der Waals surface area (Å²) in [6, 6.07) is 6.33. The summed E-state index contributed by atoms with van der Waals surface area (Å²) in [4.78, 5) is 10.9. The molecule has 2 aliphatic rings. The average molecular weight is 321 g/mol. The second kappa shape index (κ2) is 6.97. The summed E-state index contributed by atoms with van der Waals surface area (Å²) in [5.41, 5.74) is 2.46. The fraction of sp³-hybridized carbons (Fsp3) is 0.611. The van der Waals surface area contributed by atoms with Crippen molar-refractivity contribution in [2.24, 2.45) is 5.92 Å². The minimum absolute atomic E-state index is 0.291. The van der Waals surface area contributed by atoms with Gasteiger partial charge in [-0.15, -0.1) is 0 Å². The summed E-state index contributed by atoms with van der Waals surface area (Å²) in [6.45, 7) is 2.38. The van der Waals surface area contributed by atoms with Crippen LogP contribution >= 0.6 is 0 Å². The zero-order valence-electron chi connectivity index (χ0n) is 13.3. The Labute approximate surface area is 136 Å². The molecule has 4 nitrogen and oxygen atoms in total. The Morgan fingerprint density at radius 2 is 2.13 bits per heavy atom. The molecule has 0 aromatic heterocycles. The van der Waals surface area contributed by atoms with E-state index in [9.17, 15) is 9.18 Å². The first-order valence-electron chi connectivity index (χ1n) is 8.37. The number of nitrogens with one attached hydrogen (secondary N) is 1. The molecule has 5 heteroatoms. The highest BCUT2D eigenvalue weighted by molar-refractivity contribution is 5.70. The van der Waals surface area contributed by atoms with Crippen molar-refractivity contribution in [2.75, 3.05) is 13.2 Å². The molecule has 1 aromatic rings. The fourth-order valence-electron chi connectivity index (χ4n) is 3.52. The summed E-state index contributed by atoms with van der Waals surface area (Å²) in [6.07, 6.45) is 2.47. The van der Waals surface area contributed by atoms with Crippen molar-refractivity contribution in [3.05, 3.63) is 34.9 Å². The molecule has 3 rings (SSSR count). The van der Waals surface area contributed by atoms with Crippen LogP contribution in [0.25, 0.3) is 0 Å². The van der Waals surface area contributed by atoms with Crippen molar-refractivity contribution < 1.29 is 19.0 Å². The van der Waals surface area contributed by atoms with E-state index in [2.05, 4.69) is 23.5 Å². The molecular formula is C18H24FNO3. The lowest BCUT2D eigenvalue weighted by Crippen LogP contribution is -2.40. The van der Waals surface area contributed by atoms with Crippen LogP contribution in [0.1, 0.15) is 42.4 Å². The van der Waals surface area contributed by atoms with E-state index in [1.165, 1.54) is 11.1 Å². The first-order valence-corrected chi connectivity index (χ1v) is 8.37. The highest BCUT2D eigenvalue weighted by atomic mass is 19.1. The molecule has 23 heavy (non-hydrogen) atoms. The van der Waals surface area contributed by atoms with Crippen molar-refractivity contribution >= 4 is 5.97 Å². The van der Waals surface area contributed by atoms with Crippen LogP contribution < -0.4 is 5.32 Å². The van der Waals surface area contributed by atoms with Crippen LogP contribution in [0.4, 0.5) is 4.39 Å². The van der Waals surface area contributed by atoms with Crippen molar-refractivity contribution in [3.63, 3.8) is 0 Å². The molecule has 1 fully saturated rings. The van der Waals surface area contributed by atoms with Gasteiger partial charge >= 0.3 is 5.97 Å². The van der Waals surface area contributed by atoms with Gasteiger partial charge in [0.1, 0.15) is 5.67 Å². The number of ether oxygens (including phenoxy) is 1. The number of rotatable bonds is 5. The van der Waals surface area contributed by atoms with Gasteiger partial charge in [-0.3, -0.25) is 4.79 Å². The SMILES string of the molecule is O=C(O)C1CCC(F)(CNCc2ccc3c(c2)CCOC3)CC1. The Bertz CT molecular complexity index is 567. The molecule has 1 saturated carbocycles. The topological polar surface area (TPSA) is 58.6 Å². The maximum Gasteiger partial charge on any atom is 0.306 e. The van der Waals surface area contributed by atoms with Gasteiger partial charge in [0.2, 0.25) is 0 Å². The van der Waals surface area contributed by atoms with Crippen LogP contribution in [0.15, 0.2) is 18.2 Å². The lowest BCUT2D eigenvalue weighted by Gasteiger charge is -2.32. The van der Waals surface area contributed by atoms with E-state index in [-0.39, 0.29) is 5.92 Å². The Morgan fingerprint density at radius 1 is 1.35 bits per heavy atom. The predicted molar refractivity (Wildman–Crippen MR) is 84.9 cm³/mol. The Kier molecular flexibility index (Phi) is 4.97. The molecule has 1 aromatic carbocycles. The summed E-state index contributed by atoms with van der Waals surface area (Å²) < 4.78 is 20.1. The average Bonchev–Trinajstić information content (AvgIpc) is 2.55. The van der Waals surface area contributed by atoms with Crippen molar-refractivity contribution in [3.8, 4) is 0 Å². The molecule has 126 valence electrons. The number of halogens is 1. The standard InChI is InChI=1S/C18H24FNO3/c19-18(6-3-14(4-7-18)17(21)22)12-20-10-13-1-2-16-11-23-8-5-15(16)9-13/h1-2,9,14,20H,3-8,10-12H2,(H,21,22). The molecule has 1 aliphatic carbocycles. The summed E-state index contributed by atoms with van der Waals surface area (Å²) >= 11 is 0. The number of benzene rings is 1. The minimum Gasteiger partial charge on any atom is -0.481 e. The van der Waals surface area contributed by atoms with E-state index in [4.69, 9.17) is 9.84 Å². The minimum atomic E-state index is -1.27. The molecular weight excluding hydrogens is 297 g/mol. The highest BCUT2D eigenvalue weighted by Gasteiger charge is 2.37. The van der Waals surface area contributed by atoms with Gasteiger partial charge in [-0.25, -0.2) is 4.39 Å². The van der Waals surface area contributed by atoms with E-state index >= 15 is 0 Å². The van der Waals surface area contributed by atoms with Crippen molar-refractivity contribution in [2.45, 2.75) is 50.9 Å². The number of carboxylic acids is 1. The lowest BCUT2D eigenvalue weighted by atomic mass is 9.80. The Hall–Kier alpha value is -1.46. The van der Waals surface area contributed by atoms with Crippen LogP contribution in [0.2, 0.25) is 0 Å². The second-order valence-electron chi connectivity index (χ2n) is 6.77.